The van der Waals surface area contributed by atoms with Crippen LogP contribution in [-0.4, -0.2) is 38.9 Å². The van der Waals surface area contributed by atoms with E-state index in [0.29, 0.717) is 12.2 Å². The lowest BCUT2D eigenvalue weighted by Crippen LogP contribution is -2.37. The lowest BCUT2D eigenvalue weighted by Gasteiger charge is -2.34. The molecular formula is C16H20BrNO3. The molecule has 0 spiro atoms. The number of hydrogen-bond acceptors (Lipinski definition) is 4. The number of ether oxygens (including phenoxy) is 2. The first-order valence-corrected chi connectivity index (χ1v) is 7.80. The minimum atomic E-state index is -0.303. The topological polar surface area (TPSA) is 38.8 Å². The molecule has 0 N–H and O–H groups in total. The molecule has 0 aliphatic carbocycles. The summed E-state index contributed by atoms with van der Waals surface area (Å²) >= 11 is 3.47. The summed E-state index contributed by atoms with van der Waals surface area (Å²) < 4.78 is 11.5. The maximum atomic E-state index is 11.9. The fraction of sp³-hybridized carbons (Fsp3) is 0.438. The van der Waals surface area contributed by atoms with Crippen LogP contribution in [0.25, 0.3) is 0 Å². The summed E-state index contributed by atoms with van der Waals surface area (Å²) in [6, 6.07) is 5.62. The molecule has 1 aromatic rings. The van der Waals surface area contributed by atoms with Gasteiger partial charge in [0, 0.05) is 17.6 Å². The Labute approximate surface area is 133 Å². The molecular weight excluding hydrogens is 334 g/mol. The summed E-state index contributed by atoms with van der Waals surface area (Å²) in [5.41, 5.74) is 1.52. The van der Waals surface area contributed by atoms with E-state index < -0.39 is 0 Å². The summed E-state index contributed by atoms with van der Waals surface area (Å²) in [5, 5.41) is 0. The van der Waals surface area contributed by atoms with Crippen LogP contribution in [0.3, 0.4) is 0 Å². The Hall–Kier alpha value is -1.33. The second kappa shape index (κ2) is 7.61. The Morgan fingerprint density at radius 1 is 1.48 bits per heavy atom. The molecule has 114 valence electrons. The van der Waals surface area contributed by atoms with Gasteiger partial charge in [-0.2, -0.15) is 0 Å². The van der Waals surface area contributed by atoms with E-state index in [0.717, 1.165) is 36.1 Å². The molecule has 2 rings (SSSR count). The van der Waals surface area contributed by atoms with Crippen molar-refractivity contribution in [2.24, 2.45) is 0 Å². The molecule has 1 saturated heterocycles. The molecule has 1 aliphatic heterocycles. The summed E-state index contributed by atoms with van der Waals surface area (Å²) in [6.45, 7) is 5.98. The van der Waals surface area contributed by atoms with Gasteiger partial charge in [0.15, 0.2) is 0 Å². The minimum absolute atomic E-state index is 0.271. The van der Waals surface area contributed by atoms with Gasteiger partial charge in [-0.05, 0) is 31.0 Å². The molecule has 21 heavy (non-hydrogen) atoms. The van der Waals surface area contributed by atoms with Crippen LogP contribution in [0.15, 0.2) is 35.3 Å². The zero-order chi connectivity index (χ0) is 15.2. The molecule has 0 unspecified atom stereocenters. The normalized spacial score (nSPS) is 15.8. The van der Waals surface area contributed by atoms with E-state index in [9.17, 15) is 4.79 Å². The van der Waals surface area contributed by atoms with E-state index in [1.165, 1.54) is 7.11 Å². The molecule has 0 saturated carbocycles. The first-order chi connectivity index (χ1) is 10.2. The van der Waals surface area contributed by atoms with Gasteiger partial charge in [0.05, 0.1) is 31.1 Å². The first kappa shape index (κ1) is 16.0. The average molecular weight is 354 g/mol. The maximum Gasteiger partial charge on any atom is 0.339 e. The fourth-order valence-electron chi connectivity index (χ4n) is 2.52. The molecule has 0 bridgehead atoms. The molecule has 1 aromatic carbocycles. The van der Waals surface area contributed by atoms with Crippen LogP contribution in [0, 0.1) is 0 Å². The zero-order valence-corrected chi connectivity index (χ0v) is 13.8. The van der Waals surface area contributed by atoms with Gasteiger partial charge in [0.25, 0.3) is 0 Å². The number of halogens is 1. The van der Waals surface area contributed by atoms with E-state index in [4.69, 9.17) is 9.47 Å². The van der Waals surface area contributed by atoms with Crippen LogP contribution in [0.1, 0.15) is 23.2 Å². The van der Waals surface area contributed by atoms with Crippen molar-refractivity contribution >= 4 is 27.6 Å². The highest BCUT2D eigenvalue weighted by molar-refractivity contribution is 9.10. The van der Waals surface area contributed by atoms with Crippen LogP contribution >= 0.6 is 15.9 Å². The number of carbonyl (C=O) groups is 1. The van der Waals surface area contributed by atoms with Crippen LogP contribution in [0.2, 0.25) is 0 Å². The lowest BCUT2D eigenvalue weighted by molar-refractivity contribution is 0.0560. The first-order valence-electron chi connectivity index (χ1n) is 7.01. The van der Waals surface area contributed by atoms with Gasteiger partial charge in [0.2, 0.25) is 0 Å². The Morgan fingerprint density at radius 3 is 2.81 bits per heavy atom. The number of rotatable bonds is 5. The van der Waals surface area contributed by atoms with Gasteiger partial charge in [-0.3, -0.25) is 0 Å². The molecule has 1 heterocycles. The van der Waals surface area contributed by atoms with Crippen molar-refractivity contribution < 1.29 is 14.3 Å². The summed E-state index contributed by atoms with van der Waals surface area (Å²) in [4.78, 5) is 14.1. The molecule has 0 radical (unpaired) electrons. The van der Waals surface area contributed by atoms with Gasteiger partial charge in [-0.1, -0.05) is 22.0 Å². The average Bonchev–Trinajstić information content (AvgIpc) is 2.52. The van der Waals surface area contributed by atoms with E-state index in [-0.39, 0.29) is 12.1 Å². The maximum absolute atomic E-state index is 11.9. The van der Waals surface area contributed by atoms with Crippen molar-refractivity contribution in [2.75, 3.05) is 31.7 Å². The fourth-order valence-corrected chi connectivity index (χ4v) is 2.87. The van der Waals surface area contributed by atoms with Gasteiger partial charge in [-0.15, -0.1) is 6.58 Å². The third-order valence-corrected chi connectivity index (χ3v) is 4.09. The number of nitrogens with zero attached hydrogens (tertiary/aromatic N) is 1. The summed E-state index contributed by atoms with van der Waals surface area (Å²) in [7, 11) is 1.41. The zero-order valence-electron chi connectivity index (χ0n) is 12.2. The van der Waals surface area contributed by atoms with Gasteiger partial charge < -0.3 is 14.4 Å². The summed E-state index contributed by atoms with van der Waals surface area (Å²) in [6.07, 6.45) is 3.94. The van der Waals surface area contributed by atoms with Crippen molar-refractivity contribution in [1.29, 1.82) is 0 Å². The molecule has 1 aliphatic rings. The number of methoxy groups -OCH3 is 1. The minimum Gasteiger partial charge on any atom is -0.465 e. The molecule has 1 fully saturated rings. The molecule has 5 heteroatoms. The van der Waals surface area contributed by atoms with Crippen molar-refractivity contribution in [3.63, 3.8) is 0 Å². The number of anilines is 1. The third-order valence-electron chi connectivity index (χ3n) is 3.60. The lowest BCUT2D eigenvalue weighted by atomic mass is 10.0. The summed E-state index contributed by atoms with van der Waals surface area (Å²) in [5.74, 6) is -0.303. The van der Waals surface area contributed by atoms with Crippen LogP contribution in [0.5, 0.6) is 0 Å². The Balaban J connectivity index is 2.10. The van der Waals surface area contributed by atoms with Crippen molar-refractivity contribution in [3.05, 3.63) is 40.9 Å². The van der Waals surface area contributed by atoms with E-state index in [1.54, 1.807) is 12.1 Å². The number of piperidine rings is 1. The predicted octanol–water partition coefficient (Wildman–Crippen LogP) is 3.41. The van der Waals surface area contributed by atoms with Crippen LogP contribution < -0.4 is 4.90 Å². The number of benzene rings is 1. The molecule has 0 atom stereocenters. The van der Waals surface area contributed by atoms with E-state index >= 15 is 0 Å². The Bertz CT molecular complexity index is 510. The SMILES string of the molecule is C=CCOC1CCN(c2cc(Br)ccc2C(=O)OC)CC1. The second-order valence-corrected chi connectivity index (χ2v) is 5.88. The number of esters is 1. The highest BCUT2D eigenvalue weighted by atomic mass is 79.9. The van der Waals surface area contributed by atoms with Gasteiger partial charge >= 0.3 is 5.97 Å². The van der Waals surface area contributed by atoms with Crippen molar-refractivity contribution in [3.8, 4) is 0 Å². The van der Waals surface area contributed by atoms with Crippen LogP contribution in [0.4, 0.5) is 5.69 Å². The molecule has 4 nitrogen and oxygen atoms in total. The smallest absolute Gasteiger partial charge is 0.339 e. The Kier molecular flexibility index (Phi) is 5.82. The van der Waals surface area contributed by atoms with Crippen molar-refractivity contribution in [1.82, 2.24) is 0 Å². The second-order valence-electron chi connectivity index (χ2n) is 4.96. The number of carbonyl (C=O) groups excluding carboxylic acids is 1. The quantitative estimate of drug-likeness (QED) is 0.600. The third kappa shape index (κ3) is 4.08. The monoisotopic (exact) mass is 353 g/mol. The highest BCUT2D eigenvalue weighted by Gasteiger charge is 2.23. The Morgan fingerprint density at radius 2 is 2.19 bits per heavy atom. The molecule has 0 aromatic heterocycles. The van der Waals surface area contributed by atoms with E-state index in [2.05, 4.69) is 27.4 Å². The molecule has 0 amide bonds. The van der Waals surface area contributed by atoms with Gasteiger partial charge in [-0.25, -0.2) is 4.79 Å². The predicted molar refractivity (Wildman–Crippen MR) is 86.9 cm³/mol. The highest BCUT2D eigenvalue weighted by Crippen LogP contribution is 2.29. The largest absolute Gasteiger partial charge is 0.465 e. The van der Waals surface area contributed by atoms with Gasteiger partial charge in [0.1, 0.15) is 0 Å². The van der Waals surface area contributed by atoms with Crippen LogP contribution in [-0.2, 0) is 9.47 Å². The number of hydrogen-bond donors (Lipinski definition) is 0. The van der Waals surface area contributed by atoms with E-state index in [1.807, 2.05) is 12.1 Å². The van der Waals surface area contributed by atoms with Crippen molar-refractivity contribution in [2.45, 2.75) is 18.9 Å². The standard InChI is InChI=1S/C16H20BrNO3/c1-3-10-21-13-6-8-18(9-7-13)15-11-12(17)4-5-14(15)16(19)20-2/h3-5,11,13H,1,6-10H2,2H3.